The highest BCUT2D eigenvalue weighted by Gasteiger charge is 2.19. The highest BCUT2D eigenvalue weighted by molar-refractivity contribution is 5.71. The second kappa shape index (κ2) is 67.5. The van der Waals surface area contributed by atoms with Crippen LogP contribution in [0.5, 0.6) is 0 Å². The summed E-state index contributed by atoms with van der Waals surface area (Å²) in [6, 6.07) is 0. The van der Waals surface area contributed by atoms with Crippen molar-refractivity contribution in [2.24, 2.45) is 0 Å². The maximum absolute atomic E-state index is 12.9. The molecule has 1 unspecified atom stereocenters. The number of carbonyl (C=O) groups excluding carboxylic acids is 3. The van der Waals surface area contributed by atoms with Gasteiger partial charge in [0.1, 0.15) is 13.2 Å². The van der Waals surface area contributed by atoms with Crippen LogP contribution in [0, 0.1) is 0 Å². The lowest BCUT2D eigenvalue weighted by Gasteiger charge is -2.18. The Morgan fingerprint density at radius 3 is 0.852 bits per heavy atom. The van der Waals surface area contributed by atoms with Crippen LogP contribution < -0.4 is 0 Å². The summed E-state index contributed by atoms with van der Waals surface area (Å²) in [5.74, 6) is -0.991. The van der Waals surface area contributed by atoms with E-state index in [1.54, 1.807) is 0 Å². The van der Waals surface area contributed by atoms with Crippen molar-refractivity contribution in [1.29, 1.82) is 0 Å². The average Bonchev–Trinajstić information content (AvgIpc) is 3.47. The molecular formula is C75H120O6. The fraction of sp³-hybridized carbons (Fsp3) is 0.613. The lowest BCUT2D eigenvalue weighted by molar-refractivity contribution is -0.167. The van der Waals surface area contributed by atoms with Gasteiger partial charge in [-0.2, -0.15) is 0 Å². The van der Waals surface area contributed by atoms with Crippen molar-refractivity contribution in [3.05, 3.63) is 158 Å². The lowest BCUT2D eigenvalue weighted by atomic mass is 10.1. The SMILES string of the molecule is CC/C=C\C/C=C\C/C=C\C/C=C\C/C=C\C/C=C\C/C=C\C/C=C\C/C=C\CCCC(=O)OCC(COC(=O)CCCCCCC/C=C\CCCC)OC(=O)CCCCCCCCCC/C=C\C/C=C\C/C=C\CCCCCCC. The lowest BCUT2D eigenvalue weighted by Crippen LogP contribution is -2.30. The highest BCUT2D eigenvalue weighted by atomic mass is 16.6. The molecule has 0 aromatic heterocycles. The molecule has 81 heavy (non-hydrogen) atoms. The van der Waals surface area contributed by atoms with E-state index >= 15 is 0 Å². The topological polar surface area (TPSA) is 78.9 Å². The number of hydrogen-bond donors (Lipinski definition) is 0. The second-order valence-electron chi connectivity index (χ2n) is 21.3. The summed E-state index contributed by atoms with van der Waals surface area (Å²) in [5.41, 5.74) is 0. The third-order valence-electron chi connectivity index (χ3n) is 13.5. The molecule has 0 bridgehead atoms. The quantitative estimate of drug-likeness (QED) is 0.0261. The first-order valence-electron chi connectivity index (χ1n) is 33.0. The third kappa shape index (κ3) is 65.7. The molecule has 0 spiro atoms. The molecule has 0 saturated carbocycles. The Bertz CT molecular complexity index is 1810. The number of allylic oxidation sites excluding steroid dienone is 26. The van der Waals surface area contributed by atoms with Crippen LogP contribution >= 0.6 is 0 Å². The standard InChI is InChI=1S/C75H120O6/c1-4-7-10-13-16-19-22-24-26-28-30-32-34-35-36-37-38-39-41-42-44-46-48-50-53-56-59-62-65-68-74(77)80-71-72(70-79-73(76)67-64-61-58-55-52-21-18-15-12-9-6-3)81-75(78)69-66-63-60-57-54-51-49-47-45-43-40-33-31-29-27-25-23-20-17-14-11-8-5-2/h7,10,15-16,18-19,23-26,29-32,35-36,38-40,42-44,48,50,56,59,72H,4-6,8-9,11-14,17,20-22,27-28,33-34,37,41,45-47,49,51-55,57-58,60-71H2,1-3H3/b10-7-,18-15-,19-16-,25-23-,26-24-,31-29-,32-30-,36-35-,39-38-,43-40-,44-42-,50-48-,59-56-. The first-order chi connectivity index (χ1) is 40.0. The van der Waals surface area contributed by atoms with Crippen molar-refractivity contribution < 1.29 is 28.6 Å². The van der Waals surface area contributed by atoms with E-state index < -0.39 is 6.10 Å². The fourth-order valence-corrected chi connectivity index (χ4v) is 8.55. The smallest absolute Gasteiger partial charge is 0.306 e. The normalized spacial score (nSPS) is 13.2. The number of rotatable bonds is 58. The molecule has 0 aromatic carbocycles. The maximum Gasteiger partial charge on any atom is 0.306 e. The summed E-state index contributed by atoms with van der Waals surface area (Å²) >= 11 is 0. The van der Waals surface area contributed by atoms with Gasteiger partial charge < -0.3 is 14.2 Å². The molecule has 0 aromatic rings. The molecule has 0 aliphatic rings. The molecule has 0 fully saturated rings. The van der Waals surface area contributed by atoms with Gasteiger partial charge in [0.15, 0.2) is 6.10 Å². The van der Waals surface area contributed by atoms with Gasteiger partial charge in [-0.25, -0.2) is 0 Å². The Morgan fingerprint density at radius 2 is 0.506 bits per heavy atom. The van der Waals surface area contributed by atoms with Gasteiger partial charge in [0, 0.05) is 19.3 Å². The van der Waals surface area contributed by atoms with Crippen molar-refractivity contribution in [3.63, 3.8) is 0 Å². The molecule has 1 atom stereocenters. The minimum Gasteiger partial charge on any atom is -0.462 e. The summed E-state index contributed by atoms with van der Waals surface area (Å²) in [6.45, 7) is 6.41. The molecule has 6 nitrogen and oxygen atoms in total. The molecule has 0 aliphatic heterocycles. The summed E-state index contributed by atoms with van der Waals surface area (Å²) in [5, 5.41) is 0. The van der Waals surface area contributed by atoms with Crippen LogP contribution in [0.3, 0.4) is 0 Å². The minimum atomic E-state index is -0.817. The van der Waals surface area contributed by atoms with Crippen LogP contribution in [0.2, 0.25) is 0 Å². The van der Waals surface area contributed by atoms with Gasteiger partial charge in [-0.15, -0.1) is 0 Å². The molecular weight excluding hydrogens is 997 g/mol. The van der Waals surface area contributed by atoms with Crippen LogP contribution in [0.4, 0.5) is 0 Å². The van der Waals surface area contributed by atoms with Crippen LogP contribution in [-0.2, 0) is 28.6 Å². The molecule has 0 N–H and O–H groups in total. The van der Waals surface area contributed by atoms with Crippen molar-refractivity contribution in [1.82, 2.24) is 0 Å². The van der Waals surface area contributed by atoms with E-state index in [9.17, 15) is 14.4 Å². The van der Waals surface area contributed by atoms with E-state index in [1.807, 2.05) is 0 Å². The molecule has 0 heterocycles. The summed E-state index contributed by atoms with van der Waals surface area (Å²) in [7, 11) is 0. The van der Waals surface area contributed by atoms with Crippen LogP contribution in [0.15, 0.2) is 158 Å². The van der Waals surface area contributed by atoms with E-state index in [1.165, 1.54) is 96.3 Å². The number of esters is 3. The predicted octanol–water partition coefficient (Wildman–Crippen LogP) is 22.9. The Hall–Kier alpha value is -4.97. The first-order valence-corrected chi connectivity index (χ1v) is 33.0. The van der Waals surface area contributed by atoms with Crippen LogP contribution in [0.1, 0.15) is 278 Å². The zero-order chi connectivity index (χ0) is 58.5. The third-order valence-corrected chi connectivity index (χ3v) is 13.5. The number of ether oxygens (including phenoxy) is 3. The summed E-state index contributed by atoms with van der Waals surface area (Å²) < 4.78 is 16.8. The number of hydrogen-bond acceptors (Lipinski definition) is 6. The van der Waals surface area contributed by atoms with Gasteiger partial charge in [0.2, 0.25) is 0 Å². The maximum atomic E-state index is 12.9. The van der Waals surface area contributed by atoms with Gasteiger partial charge >= 0.3 is 17.9 Å². The molecule has 6 heteroatoms. The predicted molar refractivity (Wildman–Crippen MR) is 352 cm³/mol. The largest absolute Gasteiger partial charge is 0.462 e. The molecule has 0 saturated heterocycles. The fourth-order valence-electron chi connectivity index (χ4n) is 8.55. The van der Waals surface area contributed by atoms with Crippen LogP contribution in [-0.4, -0.2) is 37.2 Å². The molecule has 0 aliphatic carbocycles. The molecule has 0 radical (unpaired) electrons. The zero-order valence-electron chi connectivity index (χ0n) is 52.2. The average molecular weight is 1120 g/mol. The van der Waals surface area contributed by atoms with Crippen molar-refractivity contribution >= 4 is 17.9 Å². The van der Waals surface area contributed by atoms with E-state index in [2.05, 4.69) is 179 Å². The Balaban J connectivity index is 4.43. The molecule has 0 amide bonds. The van der Waals surface area contributed by atoms with Gasteiger partial charge in [0.05, 0.1) is 0 Å². The van der Waals surface area contributed by atoms with Crippen molar-refractivity contribution in [2.75, 3.05) is 13.2 Å². The zero-order valence-corrected chi connectivity index (χ0v) is 52.2. The Labute approximate surface area is 499 Å². The highest BCUT2D eigenvalue weighted by Crippen LogP contribution is 2.14. The number of unbranched alkanes of at least 4 members (excludes halogenated alkanes) is 21. The first kappa shape index (κ1) is 76.0. The monoisotopic (exact) mass is 1120 g/mol. The summed E-state index contributed by atoms with van der Waals surface area (Å²) in [6.07, 6.45) is 98.3. The Kier molecular flexibility index (Phi) is 63.4. The van der Waals surface area contributed by atoms with E-state index in [4.69, 9.17) is 14.2 Å². The van der Waals surface area contributed by atoms with E-state index in [-0.39, 0.29) is 37.5 Å². The van der Waals surface area contributed by atoms with Crippen molar-refractivity contribution in [2.45, 2.75) is 284 Å². The minimum absolute atomic E-state index is 0.109. The van der Waals surface area contributed by atoms with E-state index in [0.29, 0.717) is 19.3 Å². The van der Waals surface area contributed by atoms with E-state index in [0.717, 1.165) is 135 Å². The second-order valence-corrected chi connectivity index (χ2v) is 21.3. The molecule has 0 rings (SSSR count). The molecule has 456 valence electrons. The van der Waals surface area contributed by atoms with Gasteiger partial charge in [-0.3, -0.25) is 14.4 Å². The summed E-state index contributed by atoms with van der Waals surface area (Å²) in [4.78, 5) is 38.3. The van der Waals surface area contributed by atoms with Gasteiger partial charge in [-0.1, -0.05) is 275 Å². The Morgan fingerprint density at radius 1 is 0.259 bits per heavy atom. The van der Waals surface area contributed by atoms with Gasteiger partial charge in [0.25, 0.3) is 0 Å². The number of carbonyl (C=O) groups is 3. The van der Waals surface area contributed by atoms with Crippen LogP contribution in [0.25, 0.3) is 0 Å². The van der Waals surface area contributed by atoms with Gasteiger partial charge in [-0.05, 0) is 141 Å². The van der Waals surface area contributed by atoms with Crippen molar-refractivity contribution in [3.8, 4) is 0 Å².